The number of hydrogen-bond donors (Lipinski definition) is 1. The molecule has 1 N–H and O–H groups in total. The van der Waals surface area contributed by atoms with Crippen molar-refractivity contribution < 1.29 is 8.81 Å². The minimum atomic E-state index is -0.262. The van der Waals surface area contributed by atoms with Crippen molar-refractivity contribution in [1.82, 2.24) is 10.3 Å². The second kappa shape index (κ2) is 3.96. The van der Waals surface area contributed by atoms with E-state index in [1.54, 1.807) is 18.2 Å². The molecule has 4 heteroatoms. The first-order valence-electron chi connectivity index (χ1n) is 5.68. The van der Waals surface area contributed by atoms with Crippen LogP contribution in [0, 0.1) is 12.7 Å². The third-order valence-corrected chi connectivity index (χ3v) is 3.07. The third-order valence-electron chi connectivity index (χ3n) is 3.07. The van der Waals surface area contributed by atoms with Gasteiger partial charge in [-0.2, -0.15) is 0 Å². The van der Waals surface area contributed by atoms with E-state index in [9.17, 15) is 4.39 Å². The van der Waals surface area contributed by atoms with Gasteiger partial charge in [-0.15, -0.1) is 0 Å². The first kappa shape index (κ1) is 10.5. The van der Waals surface area contributed by atoms with E-state index >= 15 is 0 Å². The lowest BCUT2D eigenvalue weighted by Gasteiger charge is -2.23. The molecule has 1 aliphatic rings. The van der Waals surface area contributed by atoms with Gasteiger partial charge in [0, 0.05) is 18.7 Å². The number of hydrogen-bond acceptors (Lipinski definition) is 3. The molecule has 1 aliphatic heterocycles. The third kappa shape index (κ3) is 1.74. The van der Waals surface area contributed by atoms with E-state index in [2.05, 4.69) is 10.3 Å². The van der Waals surface area contributed by atoms with Gasteiger partial charge in [0.25, 0.3) is 0 Å². The zero-order valence-electron chi connectivity index (χ0n) is 9.53. The molecule has 3 rings (SSSR count). The summed E-state index contributed by atoms with van der Waals surface area (Å²) in [6, 6.07) is 6.64. The van der Waals surface area contributed by atoms with Gasteiger partial charge in [-0.3, -0.25) is 0 Å². The zero-order chi connectivity index (χ0) is 11.8. The van der Waals surface area contributed by atoms with Crippen molar-refractivity contribution in [3.05, 3.63) is 41.7 Å². The standard InChI is InChI=1S/C13H13FN2O/c1-8-12(10-4-2-3-5-11(10)14)16-13(17-8)9-6-15-7-9/h2-5,9,15H,6-7H2,1H3. The van der Waals surface area contributed by atoms with Crippen molar-refractivity contribution in [2.24, 2.45) is 0 Å². The average Bonchev–Trinajstić information content (AvgIpc) is 2.58. The van der Waals surface area contributed by atoms with E-state index in [0.717, 1.165) is 13.1 Å². The maximum atomic E-state index is 13.7. The van der Waals surface area contributed by atoms with E-state index in [0.29, 0.717) is 28.8 Å². The summed E-state index contributed by atoms with van der Waals surface area (Å²) in [5.74, 6) is 1.45. The molecule has 0 unspecified atom stereocenters. The Morgan fingerprint density at radius 2 is 2.12 bits per heavy atom. The van der Waals surface area contributed by atoms with Crippen molar-refractivity contribution in [3.63, 3.8) is 0 Å². The van der Waals surface area contributed by atoms with Crippen molar-refractivity contribution in [1.29, 1.82) is 0 Å². The van der Waals surface area contributed by atoms with Gasteiger partial charge in [0.2, 0.25) is 5.89 Å². The highest BCUT2D eigenvalue weighted by atomic mass is 19.1. The average molecular weight is 232 g/mol. The fourth-order valence-electron chi connectivity index (χ4n) is 1.96. The maximum absolute atomic E-state index is 13.7. The number of nitrogens with zero attached hydrogens (tertiary/aromatic N) is 1. The summed E-state index contributed by atoms with van der Waals surface area (Å²) < 4.78 is 19.3. The molecule has 3 nitrogen and oxygen atoms in total. The lowest BCUT2D eigenvalue weighted by Crippen LogP contribution is -2.40. The molecule has 1 fully saturated rings. The number of aromatic nitrogens is 1. The highest BCUT2D eigenvalue weighted by Gasteiger charge is 2.26. The van der Waals surface area contributed by atoms with E-state index < -0.39 is 0 Å². The minimum Gasteiger partial charge on any atom is -0.445 e. The topological polar surface area (TPSA) is 38.1 Å². The molecular formula is C13H13FN2O. The molecule has 1 saturated heterocycles. The second-order valence-corrected chi connectivity index (χ2v) is 4.29. The van der Waals surface area contributed by atoms with Crippen LogP contribution in [0.1, 0.15) is 17.6 Å². The van der Waals surface area contributed by atoms with Crippen molar-refractivity contribution in [2.75, 3.05) is 13.1 Å². The van der Waals surface area contributed by atoms with Gasteiger partial charge in [0.05, 0.1) is 5.92 Å². The van der Waals surface area contributed by atoms with Crippen LogP contribution in [0.25, 0.3) is 11.3 Å². The van der Waals surface area contributed by atoms with Crippen molar-refractivity contribution in [3.8, 4) is 11.3 Å². The normalized spacial score (nSPS) is 15.9. The van der Waals surface area contributed by atoms with Crippen LogP contribution in [0.15, 0.2) is 28.7 Å². The molecular weight excluding hydrogens is 219 g/mol. The fraction of sp³-hybridized carbons (Fsp3) is 0.308. The van der Waals surface area contributed by atoms with Gasteiger partial charge < -0.3 is 9.73 Å². The van der Waals surface area contributed by atoms with E-state index in [4.69, 9.17) is 4.42 Å². The summed E-state index contributed by atoms with van der Waals surface area (Å²) in [7, 11) is 0. The predicted molar refractivity (Wildman–Crippen MR) is 62.2 cm³/mol. The minimum absolute atomic E-state index is 0.262. The summed E-state index contributed by atoms with van der Waals surface area (Å²) >= 11 is 0. The molecule has 0 bridgehead atoms. The quantitative estimate of drug-likeness (QED) is 0.864. The molecule has 0 amide bonds. The number of halogens is 1. The van der Waals surface area contributed by atoms with Crippen molar-refractivity contribution >= 4 is 0 Å². The van der Waals surface area contributed by atoms with Gasteiger partial charge in [0.15, 0.2) is 0 Å². The Hall–Kier alpha value is -1.68. The Morgan fingerprint density at radius 1 is 1.35 bits per heavy atom. The van der Waals surface area contributed by atoms with Crippen LogP contribution in [0.3, 0.4) is 0 Å². The van der Waals surface area contributed by atoms with Crippen LogP contribution in [0.2, 0.25) is 0 Å². The SMILES string of the molecule is Cc1oc(C2CNC2)nc1-c1ccccc1F. The first-order valence-corrected chi connectivity index (χ1v) is 5.68. The highest BCUT2D eigenvalue weighted by molar-refractivity contribution is 5.61. The molecule has 0 radical (unpaired) electrons. The summed E-state index contributed by atoms with van der Waals surface area (Å²) in [4.78, 5) is 4.42. The van der Waals surface area contributed by atoms with E-state index in [1.165, 1.54) is 6.07 Å². The summed E-state index contributed by atoms with van der Waals surface area (Å²) in [5.41, 5.74) is 1.12. The number of oxazole rings is 1. The van der Waals surface area contributed by atoms with Gasteiger partial charge in [-0.05, 0) is 19.1 Å². The van der Waals surface area contributed by atoms with E-state index in [1.807, 2.05) is 6.92 Å². The van der Waals surface area contributed by atoms with Gasteiger partial charge in [-0.1, -0.05) is 12.1 Å². The smallest absolute Gasteiger partial charge is 0.200 e. The summed E-state index contributed by atoms with van der Waals surface area (Å²) in [6.07, 6.45) is 0. The van der Waals surface area contributed by atoms with Crippen LogP contribution in [0.5, 0.6) is 0 Å². The van der Waals surface area contributed by atoms with Crippen molar-refractivity contribution in [2.45, 2.75) is 12.8 Å². The van der Waals surface area contributed by atoms with E-state index in [-0.39, 0.29) is 5.82 Å². The largest absolute Gasteiger partial charge is 0.445 e. The molecule has 0 spiro atoms. The van der Waals surface area contributed by atoms with Gasteiger partial charge in [-0.25, -0.2) is 9.37 Å². The Kier molecular flexibility index (Phi) is 2.44. The molecule has 17 heavy (non-hydrogen) atoms. The first-order chi connectivity index (χ1) is 8.25. The molecule has 2 aromatic rings. The monoisotopic (exact) mass is 232 g/mol. The fourth-order valence-corrected chi connectivity index (χ4v) is 1.96. The lowest BCUT2D eigenvalue weighted by molar-refractivity contribution is 0.350. The Balaban J connectivity index is 2.03. The van der Waals surface area contributed by atoms with Crippen LogP contribution in [-0.4, -0.2) is 18.1 Å². The number of aryl methyl sites for hydroxylation is 1. The predicted octanol–water partition coefficient (Wildman–Crippen LogP) is 2.48. The number of rotatable bonds is 2. The van der Waals surface area contributed by atoms with Gasteiger partial charge >= 0.3 is 0 Å². The zero-order valence-corrected chi connectivity index (χ0v) is 9.53. The number of nitrogens with one attached hydrogen (secondary N) is 1. The Bertz CT molecular complexity index is 546. The van der Waals surface area contributed by atoms with Crippen LogP contribution in [0.4, 0.5) is 4.39 Å². The molecule has 88 valence electrons. The Morgan fingerprint density at radius 3 is 2.76 bits per heavy atom. The molecule has 1 aromatic heterocycles. The maximum Gasteiger partial charge on any atom is 0.200 e. The van der Waals surface area contributed by atoms with Crippen LogP contribution >= 0.6 is 0 Å². The molecule has 2 heterocycles. The Labute approximate surface area is 98.7 Å². The summed E-state index contributed by atoms with van der Waals surface area (Å²) in [6.45, 7) is 3.59. The van der Waals surface area contributed by atoms with Crippen LogP contribution < -0.4 is 5.32 Å². The summed E-state index contributed by atoms with van der Waals surface area (Å²) in [5, 5.41) is 3.17. The lowest BCUT2D eigenvalue weighted by atomic mass is 10.0. The van der Waals surface area contributed by atoms with Crippen LogP contribution in [-0.2, 0) is 0 Å². The van der Waals surface area contributed by atoms with Gasteiger partial charge in [0.1, 0.15) is 17.3 Å². The second-order valence-electron chi connectivity index (χ2n) is 4.29. The highest BCUT2D eigenvalue weighted by Crippen LogP contribution is 2.29. The number of benzene rings is 1. The molecule has 0 atom stereocenters. The molecule has 1 aromatic carbocycles. The molecule has 0 saturated carbocycles. The molecule has 0 aliphatic carbocycles.